The number of hydrogen-bond acceptors (Lipinski definition) is 5. The zero-order valence-corrected chi connectivity index (χ0v) is 11.4. The molecule has 0 saturated carbocycles. The monoisotopic (exact) mass is 256 g/mol. The van der Waals surface area contributed by atoms with E-state index in [9.17, 15) is 0 Å². The molecule has 104 valence electrons. The molecule has 0 aromatic carbocycles. The van der Waals surface area contributed by atoms with E-state index in [-0.39, 0.29) is 0 Å². The fraction of sp³-hybridized carbons (Fsp3) is 0.833. The van der Waals surface area contributed by atoms with E-state index in [1.165, 1.54) is 0 Å². The lowest BCUT2D eigenvalue weighted by Gasteiger charge is -2.05. The van der Waals surface area contributed by atoms with Crippen LogP contribution in [0.2, 0.25) is 0 Å². The average Bonchev–Trinajstić information content (AvgIpc) is 2.85. The molecule has 1 rings (SSSR count). The van der Waals surface area contributed by atoms with E-state index >= 15 is 0 Å². The Morgan fingerprint density at radius 1 is 1.22 bits per heavy atom. The lowest BCUT2D eigenvalue weighted by atomic mass is 10.3. The molecule has 0 saturated heterocycles. The van der Waals surface area contributed by atoms with Crippen molar-refractivity contribution >= 4 is 0 Å². The van der Waals surface area contributed by atoms with Crippen LogP contribution >= 0.6 is 0 Å². The lowest BCUT2D eigenvalue weighted by Crippen LogP contribution is -2.20. The van der Waals surface area contributed by atoms with Crippen molar-refractivity contribution in [1.82, 2.24) is 20.3 Å². The van der Waals surface area contributed by atoms with Gasteiger partial charge in [-0.2, -0.15) is 0 Å². The summed E-state index contributed by atoms with van der Waals surface area (Å²) < 4.78 is 12.6. The number of ether oxygens (including phenoxy) is 2. The van der Waals surface area contributed by atoms with Gasteiger partial charge in [-0.1, -0.05) is 12.1 Å². The molecule has 1 aromatic rings. The zero-order valence-electron chi connectivity index (χ0n) is 11.4. The first-order valence-electron chi connectivity index (χ1n) is 6.62. The summed E-state index contributed by atoms with van der Waals surface area (Å²) in [5.74, 6) is 0. The van der Waals surface area contributed by atoms with Crippen molar-refractivity contribution in [2.45, 2.75) is 33.2 Å². The Morgan fingerprint density at radius 3 is 2.78 bits per heavy atom. The highest BCUT2D eigenvalue weighted by Crippen LogP contribution is 1.94. The van der Waals surface area contributed by atoms with Gasteiger partial charge in [-0.3, -0.25) is 10.00 Å². The highest BCUT2D eigenvalue weighted by atomic mass is 16.5. The number of nitrogens with one attached hydrogen (secondary N) is 1. The minimum atomic E-state index is 0.599. The van der Waals surface area contributed by atoms with Gasteiger partial charge in [0.2, 0.25) is 0 Å². The van der Waals surface area contributed by atoms with E-state index in [0.717, 1.165) is 31.6 Å². The predicted molar refractivity (Wildman–Crippen MR) is 69.3 cm³/mol. The van der Waals surface area contributed by atoms with Gasteiger partial charge in [0.1, 0.15) is 0 Å². The van der Waals surface area contributed by atoms with Gasteiger partial charge in [-0.15, -0.1) is 5.10 Å². The van der Waals surface area contributed by atoms with E-state index in [1.54, 1.807) is 0 Å². The molecule has 6 heteroatoms. The van der Waals surface area contributed by atoms with Gasteiger partial charge in [0, 0.05) is 19.2 Å². The SMILES string of the molecule is CCCNCOCCOCCc1cn(CC)nn1. The molecule has 0 amide bonds. The lowest BCUT2D eigenvalue weighted by molar-refractivity contribution is 0.0415. The molecule has 1 N–H and O–H groups in total. The first-order chi connectivity index (χ1) is 8.86. The number of aromatic nitrogens is 3. The molecule has 0 radical (unpaired) electrons. The highest BCUT2D eigenvalue weighted by molar-refractivity contribution is 4.91. The van der Waals surface area contributed by atoms with Crippen LogP contribution in [0.4, 0.5) is 0 Å². The van der Waals surface area contributed by atoms with Crippen LogP contribution in [0.25, 0.3) is 0 Å². The van der Waals surface area contributed by atoms with E-state index in [0.29, 0.717) is 26.6 Å². The van der Waals surface area contributed by atoms with E-state index in [1.807, 2.05) is 17.8 Å². The summed E-state index contributed by atoms with van der Waals surface area (Å²) >= 11 is 0. The molecule has 6 nitrogen and oxygen atoms in total. The van der Waals surface area contributed by atoms with E-state index < -0.39 is 0 Å². The highest BCUT2D eigenvalue weighted by Gasteiger charge is 1.99. The van der Waals surface area contributed by atoms with Crippen molar-refractivity contribution in [2.75, 3.05) is 33.1 Å². The van der Waals surface area contributed by atoms with Crippen LogP contribution in [0, 0.1) is 0 Å². The normalized spacial score (nSPS) is 11.0. The minimum absolute atomic E-state index is 0.599. The Bertz CT molecular complexity index is 304. The number of nitrogens with zero attached hydrogens (tertiary/aromatic N) is 3. The third-order valence-corrected chi connectivity index (χ3v) is 2.42. The van der Waals surface area contributed by atoms with Crippen molar-refractivity contribution in [3.05, 3.63) is 11.9 Å². The second-order valence-electron chi connectivity index (χ2n) is 3.98. The number of rotatable bonds is 11. The predicted octanol–water partition coefficient (Wildman–Crippen LogP) is 0.831. The summed E-state index contributed by atoms with van der Waals surface area (Å²) in [4.78, 5) is 0. The molecular formula is C12H24N4O2. The summed E-state index contributed by atoms with van der Waals surface area (Å²) in [5, 5.41) is 11.2. The fourth-order valence-corrected chi connectivity index (χ4v) is 1.40. The third kappa shape index (κ3) is 6.68. The Kier molecular flexibility index (Phi) is 8.37. The van der Waals surface area contributed by atoms with Crippen LogP contribution in [0.3, 0.4) is 0 Å². The van der Waals surface area contributed by atoms with E-state index in [2.05, 4.69) is 22.6 Å². The Balaban J connectivity index is 1.89. The Labute approximate surface area is 109 Å². The second kappa shape index (κ2) is 9.99. The van der Waals surface area contributed by atoms with Gasteiger partial charge in [-0.25, -0.2) is 0 Å². The largest absolute Gasteiger partial charge is 0.379 e. The van der Waals surface area contributed by atoms with E-state index in [4.69, 9.17) is 9.47 Å². The third-order valence-electron chi connectivity index (χ3n) is 2.42. The molecule has 0 fully saturated rings. The number of hydrogen-bond donors (Lipinski definition) is 1. The van der Waals surface area contributed by atoms with Crippen LogP contribution in [0.1, 0.15) is 26.0 Å². The van der Waals surface area contributed by atoms with Gasteiger partial charge in [-0.05, 0) is 19.9 Å². The molecule has 0 atom stereocenters. The summed E-state index contributed by atoms with van der Waals surface area (Å²) in [6.07, 6.45) is 3.88. The summed E-state index contributed by atoms with van der Waals surface area (Å²) in [6.45, 7) is 8.52. The maximum Gasteiger partial charge on any atom is 0.0966 e. The van der Waals surface area contributed by atoms with Crippen LogP contribution < -0.4 is 5.32 Å². The molecule has 0 aliphatic heterocycles. The van der Waals surface area contributed by atoms with Crippen molar-refractivity contribution in [3.8, 4) is 0 Å². The minimum Gasteiger partial charge on any atom is -0.379 e. The quantitative estimate of drug-likeness (QED) is 0.469. The van der Waals surface area contributed by atoms with Gasteiger partial charge in [0.05, 0.1) is 32.2 Å². The Hall–Kier alpha value is -0.980. The smallest absolute Gasteiger partial charge is 0.0966 e. The topological polar surface area (TPSA) is 61.2 Å². The molecule has 0 unspecified atom stereocenters. The molecule has 1 heterocycles. The first kappa shape index (κ1) is 15.1. The van der Waals surface area contributed by atoms with Crippen molar-refractivity contribution in [2.24, 2.45) is 0 Å². The Morgan fingerprint density at radius 2 is 2.06 bits per heavy atom. The van der Waals surface area contributed by atoms with Gasteiger partial charge in [0.25, 0.3) is 0 Å². The zero-order chi connectivity index (χ0) is 13.1. The molecule has 0 aliphatic carbocycles. The summed E-state index contributed by atoms with van der Waals surface area (Å²) in [5.41, 5.74) is 0.974. The van der Waals surface area contributed by atoms with Crippen molar-refractivity contribution < 1.29 is 9.47 Å². The van der Waals surface area contributed by atoms with Gasteiger partial charge < -0.3 is 9.47 Å². The molecule has 0 bridgehead atoms. The maximum absolute atomic E-state index is 5.46. The molecular weight excluding hydrogens is 232 g/mol. The molecule has 18 heavy (non-hydrogen) atoms. The summed E-state index contributed by atoms with van der Waals surface area (Å²) in [7, 11) is 0. The van der Waals surface area contributed by atoms with Crippen molar-refractivity contribution in [3.63, 3.8) is 0 Å². The number of aryl methyl sites for hydroxylation is 1. The second-order valence-corrected chi connectivity index (χ2v) is 3.98. The summed E-state index contributed by atoms with van der Waals surface area (Å²) in [6, 6.07) is 0. The van der Waals surface area contributed by atoms with Crippen LogP contribution in [-0.2, 0) is 22.4 Å². The van der Waals surface area contributed by atoms with Gasteiger partial charge in [0.15, 0.2) is 0 Å². The van der Waals surface area contributed by atoms with Crippen LogP contribution in [-0.4, -0.2) is 48.1 Å². The molecule has 1 aromatic heterocycles. The first-order valence-corrected chi connectivity index (χ1v) is 6.62. The molecule has 0 aliphatic rings. The van der Waals surface area contributed by atoms with Gasteiger partial charge >= 0.3 is 0 Å². The van der Waals surface area contributed by atoms with Crippen molar-refractivity contribution in [1.29, 1.82) is 0 Å². The van der Waals surface area contributed by atoms with Crippen LogP contribution in [0.15, 0.2) is 6.20 Å². The fourth-order valence-electron chi connectivity index (χ4n) is 1.40. The maximum atomic E-state index is 5.46. The van der Waals surface area contributed by atoms with Crippen LogP contribution in [0.5, 0.6) is 0 Å². The average molecular weight is 256 g/mol. The molecule has 0 spiro atoms. The standard InChI is InChI=1S/C12H24N4O2/c1-3-6-13-11-18-9-8-17-7-5-12-10-16(4-2)15-14-12/h10,13H,3-9,11H2,1-2H3.